The average Bonchev–Trinajstić information content (AvgIpc) is 2.98. The van der Waals surface area contributed by atoms with Gasteiger partial charge in [0.05, 0.1) is 29.4 Å². The highest BCUT2D eigenvalue weighted by Gasteiger charge is 2.33. The van der Waals surface area contributed by atoms with Crippen molar-refractivity contribution in [1.82, 2.24) is 5.32 Å². The van der Waals surface area contributed by atoms with Crippen molar-refractivity contribution in [2.75, 3.05) is 18.6 Å². The largest absolute Gasteiger partial charge is 0.496 e. The molecule has 170 valence electrons. The van der Waals surface area contributed by atoms with Gasteiger partial charge in [-0.15, -0.1) is 4.40 Å². The van der Waals surface area contributed by atoms with E-state index in [4.69, 9.17) is 16.3 Å². The minimum absolute atomic E-state index is 0.0125. The van der Waals surface area contributed by atoms with Gasteiger partial charge in [-0.25, -0.2) is 0 Å². The number of anilines is 1. The number of amides is 1. The van der Waals surface area contributed by atoms with Gasteiger partial charge < -0.3 is 15.0 Å². The summed E-state index contributed by atoms with van der Waals surface area (Å²) in [6.45, 7) is 4.47. The van der Waals surface area contributed by atoms with Crippen molar-refractivity contribution >= 4 is 39.1 Å². The third-order valence-corrected chi connectivity index (χ3v) is 7.53. The molecule has 2 aliphatic heterocycles. The number of benzene rings is 2. The highest BCUT2D eigenvalue weighted by Crippen LogP contribution is 2.38. The number of methoxy groups -OCH3 is 1. The summed E-state index contributed by atoms with van der Waals surface area (Å²) < 4.78 is 35.2. The Morgan fingerprint density at radius 1 is 1.22 bits per heavy atom. The summed E-state index contributed by atoms with van der Waals surface area (Å²) in [5, 5.41) is 3.11. The summed E-state index contributed by atoms with van der Waals surface area (Å²) >= 11 is 6.49. The van der Waals surface area contributed by atoms with Crippen LogP contribution in [0.4, 0.5) is 5.69 Å². The lowest BCUT2D eigenvalue weighted by Crippen LogP contribution is -2.35. The fraction of sp³-hybridized carbons (Fsp3) is 0.391. The van der Waals surface area contributed by atoms with Crippen molar-refractivity contribution in [3.8, 4) is 5.75 Å². The van der Waals surface area contributed by atoms with Crippen molar-refractivity contribution < 1.29 is 17.9 Å². The maximum atomic E-state index is 13.1. The van der Waals surface area contributed by atoms with Crippen molar-refractivity contribution in [3.05, 3.63) is 52.0 Å². The summed E-state index contributed by atoms with van der Waals surface area (Å²) in [6.07, 6.45) is 3.46. The monoisotopic (exact) mass is 475 g/mol. The molecule has 0 spiro atoms. The number of fused-ring (bicyclic) bond motifs is 3. The lowest BCUT2D eigenvalue weighted by molar-refractivity contribution is 0.0939. The van der Waals surface area contributed by atoms with Crippen LogP contribution in [0.5, 0.6) is 5.75 Å². The van der Waals surface area contributed by atoms with Crippen LogP contribution >= 0.6 is 11.6 Å². The molecule has 0 bridgehead atoms. The summed E-state index contributed by atoms with van der Waals surface area (Å²) in [5.74, 6) is 0.740. The lowest BCUT2D eigenvalue weighted by Gasteiger charge is -2.30. The Hall–Kier alpha value is -2.58. The van der Waals surface area contributed by atoms with Crippen LogP contribution in [0.2, 0.25) is 5.02 Å². The molecule has 2 aromatic carbocycles. The fourth-order valence-corrected chi connectivity index (χ4v) is 5.72. The Kier molecular flexibility index (Phi) is 6.18. The number of amidine groups is 1. The van der Waals surface area contributed by atoms with E-state index in [2.05, 4.69) is 9.71 Å². The maximum Gasteiger partial charge on any atom is 0.286 e. The highest BCUT2D eigenvalue weighted by atomic mass is 35.5. The first-order valence-electron chi connectivity index (χ1n) is 10.6. The Labute approximate surface area is 193 Å². The molecule has 0 saturated carbocycles. The van der Waals surface area contributed by atoms with Gasteiger partial charge in [-0.2, -0.15) is 8.42 Å². The molecule has 4 rings (SSSR count). The summed E-state index contributed by atoms with van der Waals surface area (Å²) in [5.41, 5.74) is 2.44. The van der Waals surface area contributed by atoms with Crippen LogP contribution < -0.4 is 15.0 Å². The summed E-state index contributed by atoms with van der Waals surface area (Å²) in [7, 11) is -2.34. The van der Waals surface area contributed by atoms with E-state index in [-0.39, 0.29) is 21.5 Å². The Balaban J connectivity index is 1.68. The molecule has 1 fully saturated rings. The first-order valence-corrected chi connectivity index (χ1v) is 12.4. The van der Waals surface area contributed by atoms with E-state index in [0.29, 0.717) is 30.2 Å². The Bertz CT molecular complexity index is 1210. The van der Waals surface area contributed by atoms with Crippen molar-refractivity contribution in [2.45, 2.75) is 50.5 Å². The molecular formula is C23H26ClN3O4S. The second-order valence-corrected chi connectivity index (χ2v) is 10.2. The number of nitrogens with one attached hydrogen (secondary N) is 1. The summed E-state index contributed by atoms with van der Waals surface area (Å²) in [4.78, 5) is 15.0. The number of rotatable bonds is 4. The van der Waals surface area contributed by atoms with Gasteiger partial charge in [0.15, 0.2) is 0 Å². The molecule has 2 aromatic rings. The zero-order valence-corrected chi connectivity index (χ0v) is 19.9. The minimum Gasteiger partial charge on any atom is -0.496 e. The van der Waals surface area contributed by atoms with E-state index in [9.17, 15) is 13.2 Å². The molecule has 0 aromatic heterocycles. The predicted octanol–water partition coefficient (Wildman–Crippen LogP) is 4.63. The smallest absolute Gasteiger partial charge is 0.286 e. The number of aryl methyl sites for hydroxylation is 1. The molecule has 9 heteroatoms. The van der Waals surface area contributed by atoms with Crippen molar-refractivity contribution in [2.24, 2.45) is 4.40 Å². The highest BCUT2D eigenvalue weighted by molar-refractivity contribution is 7.90. The third-order valence-electron chi connectivity index (χ3n) is 5.88. The van der Waals surface area contributed by atoms with Gasteiger partial charge in [0, 0.05) is 18.5 Å². The molecule has 1 unspecified atom stereocenters. The van der Waals surface area contributed by atoms with Gasteiger partial charge in [-0.05, 0) is 44.9 Å². The van der Waals surface area contributed by atoms with Crippen LogP contribution in [0.3, 0.4) is 0 Å². The number of carbonyl (C=O) groups excluding carboxylic acids is 1. The molecule has 0 radical (unpaired) electrons. The van der Waals surface area contributed by atoms with Crippen molar-refractivity contribution in [3.63, 3.8) is 0 Å². The van der Waals surface area contributed by atoms with E-state index in [1.54, 1.807) is 13.2 Å². The van der Waals surface area contributed by atoms with Crippen LogP contribution in [0, 0.1) is 6.92 Å². The molecule has 2 aliphatic rings. The lowest BCUT2D eigenvalue weighted by atomic mass is 10.0. The topological polar surface area (TPSA) is 88.1 Å². The van der Waals surface area contributed by atoms with Gasteiger partial charge in [-0.3, -0.25) is 4.79 Å². The van der Waals surface area contributed by atoms with Crippen LogP contribution in [0.15, 0.2) is 39.6 Å². The van der Waals surface area contributed by atoms with Gasteiger partial charge in [0.2, 0.25) is 0 Å². The molecule has 32 heavy (non-hydrogen) atoms. The van der Waals surface area contributed by atoms with Crippen LogP contribution in [0.25, 0.3) is 0 Å². The quantitative estimate of drug-likeness (QED) is 0.696. The molecule has 1 saturated heterocycles. The number of halogens is 1. The molecule has 7 nitrogen and oxygen atoms in total. The normalized spacial score (nSPS) is 18.0. The SMILES string of the molecule is COc1ccc(C)cc1C(C)NC(=O)c1cc2c(cc1Cl)N1CCCCCC1=NS2(=O)=O. The van der Waals surface area contributed by atoms with Gasteiger partial charge in [-0.1, -0.05) is 35.7 Å². The van der Waals surface area contributed by atoms with Crippen molar-refractivity contribution in [1.29, 1.82) is 0 Å². The second kappa shape index (κ2) is 8.75. The molecule has 1 N–H and O–H groups in total. The molecule has 1 amide bonds. The van der Waals surface area contributed by atoms with E-state index in [1.165, 1.54) is 6.07 Å². The van der Waals surface area contributed by atoms with E-state index in [1.807, 2.05) is 36.9 Å². The van der Waals surface area contributed by atoms with Crippen LogP contribution in [0.1, 0.15) is 60.1 Å². The number of nitrogens with zero attached hydrogens (tertiary/aromatic N) is 2. The zero-order chi connectivity index (χ0) is 23.0. The Morgan fingerprint density at radius 2 is 2.00 bits per heavy atom. The van der Waals surface area contributed by atoms with E-state index in [0.717, 1.165) is 30.4 Å². The van der Waals surface area contributed by atoms with E-state index < -0.39 is 15.9 Å². The fourth-order valence-electron chi connectivity index (χ4n) is 4.21. The standard InChI is InChI=1S/C23H26ClN3O4S/c1-14-8-9-20(31-3)16(11-14)15(2)25-23(28)17-12-21-19(13-18(17)24)27-10-6-4-5-7-22(27)26-32(21,29)30/h8-9,11-13,15H,4-7,10H2,1-3H3,(H,25,28). The number of carbonyl (C=O) groups is 1. The Morgan fingerprint density at radius 3 is 2.75 bits per heavy atom. The average molecular weight is 476 g/mol. The van der Waals surface area contributed by atoms with E-state index >= 15 is 0 Å². The number of sulfonamides is 1. The summed E-state index contributed by atoms with van der Waals surface area (Å²) in [6, 6.07) is 8.26. The third kappa shape index (κ3) is 4.21. The first kappa shape index (κ1) is 22.6. The zero-order valence-electron chi connectivity index (χ0n) is 18.3. The molecule has 2 heterocycles. The first-order chi connectivity index (χ1) is 15.2. The molecule has 1 atom stereocenters. The molecular weight excluding hydrogens is 450 g/mol. The van der Waals surface area contributed by atoms with Crippen LogP contribution in [-0.2, 0) is 10.0 Å². The minimum atomic E-state index is -3.91. The molecule has 0 aliphatic carbocycles. The van der Waals surface area contributed by atoms with Gasteiger partial charge >= 0.3 is 0 Å². The van der Waals surface area contributed by atoms with Gasteiger partial charge in [0.25, 0.3) is 15.9 Å². The van der Waals surface area contributed by atoms with Gasteiger partial charge in [0.1, 0.15) is 16.5 Å². The number of hydrogen-bond acceptors (Lipinski definition) is 5. The van der Waals surface area contributed by atoms with Crippen LogP contribution in [-0.4, -0.2) is 33.8 Å². The second-order valence-electron chi connectivity index (χ2n) is 8.19. The number of hydrogen-bond donors (Lipinski definition) is 1. The maximum absolute atomic E-state index is 13.1. The predicted molar refractivity (Wildman–Crippen MR) is 125 cm³/mol. The number of ether oxygens (including phenoxy) is 1.